The summed E-state index contributed by atoms with van der Waals surface area (Å²) in [6, 6.07) is 0. The Hall–Kier alpha value is -1.01. The van der Waals surface area contributed by atoms with Crippen molar-refractivity contribution in [1.82, 2.24) is 9.80 Å². The molecule has 4 aliphatic rings. The predicted octanol–water partition coefficient (Wildman–Crippen LogP) is 1.73. The Morgan fingerprint density at radius 1 is 1.15 bits per heavy atom. The first-order valence-corrected chi connectivity index (χ1v) is 8.24. The maximum atomic E-state index is 11.5. The molecule has 2 saturated carbocycles. The maximum Gasteiger partial charge on any atom is 0.223 e. The van der Waals surface area contributed by atoms with Crippen molar-refractivity contribution in [3.05, 3.63) is 0 Å². The third-order valence-electron chi connectivity index (χ3n) is 6.06. The second-order valence-electron chi connectivity index (χ2n) is 7.20. The van der Waals surface area contributed by atoms with Gasteiger partial charge in [-0.05, 0) is 42.9 Å². The van der Waals surface area contributed by atoms with Crippen molar-refractivity contribution in [2.75, 3.05) is 32.7 Å². The Morgan fingerprint density at radius 3 is 2.80 bits per heavy atom. The smallest absolute Gasteiger partial charge is 0.223 e. The molecule has 4 rings (SSSR count). The molecule has 0 bridgehead atoms. The zero-order valence-corrected chi connectivity index (χ0v) is 12.2. The van der Waals surface area contributed by atoms with Crippen LogP contribution in [0.15, 0.2) is 0 Å². The minimum atomic E-state index is 0.284. The van der Waals surface area contributed by atoms with Gasteiger partial charge in [0, 0.05) is 26.1 Å². The Labute approximate surface area is 121 Å². The van der Waals surface area contributed by atoms with Gasteiger partial charge >= 0.3 is 0 Å². The average molecular weight is 272 g/mol. The minimum absolute atomic E-state index is 0.284. The largest absolute Gasteiger partial charge is 0.332 e. The van der Waals surface area contributed by atoms with Crippen LogP contribution in [-0.2, 0) is 4.79 Å². The van der Waals surface area contributed by atoms with Crippen LogP contribution in [-0.4, -0.2) is 48.4 Å². The zero-order valence-electron chi connectivity index (χ0n) is 12.2. The molecule has 20 heavy (non-hydrogen) atoms. The van der Waals surface area contributed by atoms with Gasteiger partial charge in [0.05, 0.1) is 13.1 Å². The van der Waals surface area contributed by atoms with Gasteiger partial charge in [-0.15, -0.1) is 0 Å². The zero-order chi connectivity index (χ0) is 13.6. The van der Waals surface area contributed by atoms with E-state index in [0.29, 0.717) is 12.0 Å². The molecule has 0 aromatic carbocycles. The molecule has 3 nitrogen and oxygen atoms in total. The van der Waals surface area contributed by atoms with E-state index in [2.05, 4.69) is 16.7 Å². The van der Waals surface area contributed by atoms with Crippen LogP contribution in [0.2, 0.25) is 0 Å². The fourth-order valence-electron chi connectivity index (χ4n) is 4.89. The fraction of sp³-hybridized carbons (Fsp3) is 0.824. The summed E-state index contributed by atoms with van der Waals surface area (Å²) in [7, 11) is 0. The van der Waals surface area contributed by atoms with Crippen molar-refractivity contribution >= 4 is 5.91 Å². The first-order valence-electron chi connectivity index (χ1n) is 8.24. The monoisotopic (exact) mass is 272 g/mol. The second kappa shape index (κ2) is 4.77. The molecule has 4 fully saturated rings. The quantitative estimate of drug-likeness (QED) is 0.715. The Balaban J connectivity index is 1.28. The fourth-order valence-corrected chi connectivity index (χ4v) is 4.89. The molecule has 2 heterocycles. The van der Waals surface area contributed by atoms with Crippen molar-refractivity contribution in [1.29, 1.82) is 0 Å². The standard InChI is InChI=1S/C17H24N2O/c20-16-7-4-10-19(16)9-2-1-8-18-12-15-6-3-5-14-11-17(14,15)13-18/h14-15H,3-13H2. The summed E-state index contributed by atoms with van der Waals surface area (Å²) in [5.41, 5.74) is 0.713. The van der Waals surface area contributed by atoms with Crippen molar-refractivity contribution in [3.8, 4) is 11.8 Å². The van der Waals surface area contributed by atoms with E-state index >= 15 is 0 Å². The van der Waals surface area contributed by atoms with Gasteiger partial charge in [0.2, 0.25) is 5.91 Å². The molecule has 1 spiro atoms. The number of hydrogen-bond acceptors (Lipinski definition) is 2. The van der Waals surface area contributed by atoms with Gasteiger partial charge < -0.3 is 4.90 Å². The number of nitrogens with zero attached hydrogens (tertiary/aromatic N) is 2. The maximum absolute atomic E-state index is 11.5. The summed E-state index contributed by atoms with van der Waals surface area (Å²) in [4.78, 5) is 16.0. The van der Waals surface area contributed by atoms with E-state index in [1.54, 1.807) is 0 Å². The van der Waals surface area contributed by atoms with Gasteiger partial charge in [-0.3, -0.25) is 9.69 Å². The number of hydrogen-bond donors (Lipinski definition) is 0. The van der Waals surface area contributed by atoms with E-state index in [0.717, 1.165) is 37.8 Å². The van der Waals surface area contributed by atoms with Crippen molar-refractivity contribution in [3.63, 3.8) is 0 Å². The summed E-state index contributed by atoms with van der Waals surface area (Å²) in [5, 5.41) is 0. The highest BCUT2D eigenvalue weighted by molar-refractivity contribution is 5.78. The lowest BCUT2D eigenvalue weighted by molar-refractivity contribution is -0.127. The molecule has 3 atom stereocenters. The summed E-state index contributed by atoms with van der Waals surface area (Å²) in [6.45, 7) is 5.02. The Kier molecular flexibility index (Phi) is 3.03. The normalized spacial score (nSPS) is 39.2. The molecular formula is C17H24N2O. The van der Waals surface area contributed by atoms with Gasteiger partial charge in [0.15, 0.2) is 0 Å². The van der Waals surface area contributed by atoms with E-state index < -0.39 is 0 Å². The van der Waals surface area contributed by atoms with Gasteiger partial charge in [-0.2, -0.15) is 0 Å². The lowest BCUT2D eigenvalue weighted by Gasteiger charge is -2.23. The summed E-state index contributed by atoms with van der Waals surface area (Å²) < 4.78 is 0. The van der Waals surface area contributed by atoms with Crippen LogP contribution >= 0.6 is 0 Å². The highest BCUT2D eigenvalue weighted by atomic mass is 16.2. The van der Waals surface area contributed by atoms with Crippen LogP contribution in [0, 0.1) is 29.1 Å². The molecule has 0 radical (unpaired) electrons. The lowest BCUT2D eigenvalue weighted by Crippen LogP contribution is -2.25. The molecule has 1 amide bonds. The molecular weight excluding hydrogens is 248 g/mol. The third kappa shape index (κ3) is 2.05. The van der Waals surface area contributed by atoms with E-state index in [-0.39, 0.29) is 5.91 Å². The van der Waals surface area contributed by atoms with Crippen LogP contribution in [0.25, 0.3) is 0 Å². The van der Waals surface area contributed by atoms with E-state index in [9.17, 15) is 4.79 Å². The number of likely N-dealkylation sites (tertiary alicyclic amines) is 2. The molecule has 2 aliphatic carbocycles. The number of rotatable bonds is 2. The molecule has 0 N–H and O–H groups in total. The Bertz CT molecular complexity index is 477. The Morgan fingerprint density at radius 2 is 2.00 bits per heavy atom. The molecule has 3 unspecified atom stereocenters. The SMILES string of the molecule is O=C1CCCN1CC#CCN1CC2CCCC3CC23C1. The van der Waals surface area contributed by atoms with E-state index in [4.69, 9.17) is 0 Å². The third-order valence-corrected chi connectivity index (χ3v) is 6.06. The van der Waals surface area contributed by atoms with Crippen molar-refractivity contribution in [2.45, 2.75) is 38.5 Å². The van der Waals surface area contributed by atoms with Gasteiger partial charge in [-0.25, -0.2) is 0 Å². The summed E-state index contributed by atoms with van der Waals surface area (Å²) in [5.74, 6) is 8.80. The summed E-state index contributed by atoms with van der Waals surface area (Å²) in [6.07, 6.45) is 7.60. The van der Waals surface area contributed by atoms with Crippen LogP contribution in [0.1, 0.15) is 38.5 Å². The first kappa shape index (κ1) is 12.7. The molecule has 108 valence electrons. The highest BCUT2D eigenvalue weighted by Gasteiger charge is 2.63. The number of carbonyl (C=O) groups is 1. The highest BCUT2D eigenvalue weighted by Crippen LogP contribution is 2.66. The van der Waals surface area contributed by atoms with Crippen LogP contribution in [0.3, 0.4) is 0 Å². The van der Waals surface area contributed by atoms with Crippen molar-refractivity contribution in [2.24, 2.45) is 17.3 Å². The topological polar surface area (TPSA) is 23.6 Å². The minimum Gasteiger partial charge on any atom is -0.332 e. The van der Waals surface area contributed by atoms with Crippen LogP contribution < -0.4 is 0 Å². The number of amides is 1. The van der Waals surface area contributed by atoms with Gasteiger partial charge in [0.1, 0.15) is 0 Å². The van der Waals surface area contributed by atoms with Crippen LogP contribution in [0.5, 0.6) is 0 Å². The predicted molar refractivity (Wildman–Crippen MR) is 77.9 cm³/mol. The average Bonchev–Trinajstić information content (AvgIpc) is 2.82. The van der Waals surface area contributed by atoms with E-state index in [1.165, 1.54) is 38.8 Å². The first-order chi connectivity index (χ1) is 9.78. The van der Waals surface area contributed by atoms with Gasteiger partial charge in [-0.1, -0.05) is 18.3 Å². The molecule has 0 aromatic rings. The molecule has 2 aliphatic heterocycles. The lowest BCUT2D eigenvalue weighted by atomic mass is 9.81. The van der Waals surface area contributed by atoms with Crippen molar-refractivity contribution < 1.29 is 4.79 Å². The van der Waals surface area contributed by atoms with Crippen LogP contribution in [0.4, 0.5) is 0 Å². The second-order valence-corrected chi connectivity index (χ2v) is 7.20. The molecule has 0 aromatic heterocycles. The van der Waals surface area contributed by atoms with E-state index in [1.807, 2.05) is 4.90 Å². The molecule has 2 saturated heterocycles. The van der Waals surface area contributed by atoms with Gasteiger partial charge in [0.25, 0.3) is 0 Å². The number of carbonyl (C=O) groups excluding carboxylic acids is 1. The molecule has 3 heteroatoms. The summed E-state index contributed by atoms with van der Waals surface area (Å²) >= 11 is 0.